The van der Waals surface area contributed by atoms with Crippen LogP contribution in [0.3, 0.4) is 0 Å². The van der Waals surface area contributed by atoms with Crippen molar-refractivity contribution in [3.05, 3.63) is 59.1 Å². The summed E-state index contributed by atoms with van der Waals surface area (Å²) >= 11 is 5.93. The van der Waals surface area contributed by atoms with Gasteiger partial charge in [0.1, 0.15) is 5.75 Å². The van der Waals surface area contributed by atoms with Crippen molar-refractivity contribution in [3.63, 3.8) is 0 Å². The number of methoxy groups -OCH3 is 2. The molecular formula is C17H18ClNO3. The van der Waals surface area contributed by atoms with Crippen molar-refractivity contribution in [1.29, 1.82) is 0 Å². The zero-order chi connectivity index (χ0) is 15.9. The highest BCUT2D eigenvalue weighted by Crippen LogP contribution is 2.30. The molecule has 0 saturated heterocycles. The van der Waals surface area contributed by atoms with Crippen LogP contribution in [0.1, 0.15) is 18.0 Å². The lowest BCUT2D eigenvalue weighted by Crippen LogP contribution is -2.16. The van der Waals surface area contributed by atoms with Gasteiger partial charge in [0.25, 0.3) is 0 Å². The van der Waals surface area contributed by atoms with Crippen LogP contribution in [0.5, 0.6) is 5.75 Å². The predicted molar refractivity (Wildman–Crippen MR) is 87.4 cm³/mol. The lowest BCUT2D eigenvalue weighted by atomic mass is 10.0. The van der Waals surface area contributed by atoms with Gasteiger partial charge in [-0.2, -0.15) is 0 Å². The molecule has 0 bridgehead atoms. The molecule has 2 aromatic carbocycles. The zero-order valence-corrected chi connectivity index (χ0v) is 13.3. The van der Waals surface area contributed by atoms with E-state index in [9.17, 15) is 4.79 Å². The Balaban J connectivity index is 2.27. The summed E-state index contributed by atoms with van der Waals surface area (Å²) in [5, 5.41) is 3.98. The molecule has 0 aliphatic rings. The molecule has 1 atom stereocenters. The van der Waals surface area contributed by atoms with E-state index < -0.39 is 0 Å². The number of carbonyl (C=O) groups excluding carboxylic acids is 1. The molecular weight excluding hydrogens is 302 g/mol. The normalized spacial score (nSPS) is 11.6. The van der Waals surface area contributed by atoms with Crippen LogP contribution in [0.2, 0.25) is 5.02 Å². The van der Waals surface area contributed by atoms with Gasteiger partial charge in [0.15, 0.2) is 0 Å². The number of benzene rings is 2. The fourth-order valence-corrected chi connectivity index (χ4v) is 2.27. The molecule has 5 heteroatoms. The van der Waals surface area contributed by atoms with Crippen LogP contribution < -0.4 is 10.1 Å². The van der Waals surface area contributed by atoms with E-state index in [1.165, 1.54) is 7.11 Å². The number of esters is 1. The Kier molecular flexibility index (Phi) is 5.67. The lowest BCUT2D eigenvalue weighted by molar-refractivity contribution is -0.140. The molecule has 0 fully saturated rings. The quantitative estimate of drug-likeness (QED) is 0.815. The summed E-state index contributed by atoms with van der Waals surface area (Å²) < 4.78 is 10.1. The molecule has 22 heavy (non-hydrogen) atoms. The van der Waals surface area contributed by atoms with E-state index in [0.29, 0.717) is 10.8 Å². The second-order valence-electron chi connectivity index (χ2n) is 4.73. The number of ether oxygens (including phenoxy) is 2. The smallest absolute Gasteiger partial charge is 0.307 e. The molecule has 0 heterocycles. The third-order valence-corrected chi connectivity index (χ3v) is 3.56. The maximum Gasteiger partial charge on any atom is 0.307 e. The van der Waals surface area contributed by atoms with E-state index in [2.05, 4.69) is 5.32 Å². The van der Waals surface area contributed by atoms with Gasteiger partial charge in [0.2, 0.25) is 0 Å². The van der Waals surface area contributed by atoms with E-state index in [0.717, 1.165) is 11.3 Å². The monoisotopic (exact) mass is 319 g/mol. The zero-order valence-electron chi connectivity index (χ0n) is 12.5. The number of hydrogen-bond acceptors (Lipinski definition) is 4. The molecule has 2 rings (SSSR count). The second kappa shape index (κ2) is 7.71. The van der Waals surface area contributed by atoms with Crippen molar-refractivity contribution in [1.82, 2.24) is 0 Å². The lowest BCUT2D eigenvalue weighted by Gasteiger charge is -2.21. The van der Waals surface area contributed by atoms with Gasteiger partial charge < -0.3 is 14.8 Å². The van der Waals surface area contributed by atoms with Crippen molar-refractivity contribution in [2.24, 2.45) is 0 Å². The molecule has 4 nitrogen and oxygen atoms in total. The van der Waals surface area contributed by atoms with E-state index in [-0.39, 0.29) is 18.4 Å². The van der Waals surface area contributed by atoms with Crippen molar-refractivity contribution < 1.29 is 14.3 Å². The summed E-state index contributed by atoms with van der Waals surface area (Å²) in [5.74, 6) is 0.425. The van der Waals surface area contributed by atoms with Crippen molar-refractivity contribution in [2.45, 2.75) is 12.5 Å². The van der Waals surface area contributed by atoms with E-state index in [4.69, 9.17) is 21.1 Å². The summed E-state index contributed by atoms with van der Waals surface area (Å²) in [6.07, 6.45) is 0.205. The molecule has 1 unspecified atom stereocenters. The van der Waals surface area contributed by atoms with Crippen LogP contribution in [0, 0.1) is 0 Å². The molecule has 2 aromatic rings. The Bertz CT molecular complexity index is 628. The Morgan fingerprint density at radius 1 is 1.14 bits per heavy atom. The number of hydrogen-bond donors (Lipinski definition) is 1. The van der Waals surface area contributed by atoms with Crippen molar-refractivity contribution in [3.8, 4) is 5.75 Å². The fraction of sp³-hybridized carbons (Fsp3) is 0.235. The van der Waals surface area contributed by atoms with Crippen LogP contribution in [-0.4, -0.2) is 20.2 Å². The van der Waals surface area contributed by atoms with E-state index in [1.807, 2.05) is 36.4 Å². The molecule has 1 N–H and O–H groups in total. The summed E-state index contributed by atoms with van der Waals surface area (Å²) in [4.78, 5) is 11.7. The molecule has 0 aliphatic carbocycles. The molecule has 0 radical (unpaired) electrons. The highest BCUT2D eigenvalue weighted by atomic mass is 35.5. The summed E-state index contributed by atoms with van der Waals surface area (Å²) in [6, 6.07) is 14.7. The van der Waals surface area contributed by atoms with Gasteiger partial charge >= 0.3 is 5.97 Å². The Hall–Kier alpha value is -2.20. The van der Waals surface area contributed by atoms with Crippen LogP contribution >= 0.6 is 11.6 Å². The topological polar surface area (TPSA) is 47.6 Å². The first-order valence-corrected chi connectivity index (χ1v) is 7.23. The maximum absolute atomic E-state index is 11.7. The number of halogens is 1. The number of rotatable bonds is 6. The fourth-order valence-electron chi connectivity index (χ4n) is 2.15. The average Bonchev–Trinajstić information content (AvgIpc) is 2.55. The SMILES string of the molecule is COC(=O)CC(Nc1ccccc1OC)c1ccc(Cl)cc1. The molecule has 0 spiro atoms. The van der Waals surface area contributed by atoms with E-state index >= 15 is 0 Å². The minimum atomic E-state index is -0.289. The number of para-hydroxylation sites is 2. The van der Waals surface area contributed by atoms with Gasteiger partial charge in [-0.1, -0.05) is 35.9 Å². The van der Waals surface area contributed by atoms with Gasteiger partial charge in [-0.15, -0.1) is 0 Å². The third kappa shape index (κ3) is 4.15. The number of carbonyl (C=O) groups is 1. The maximum atomic E-state index is 11.7. The number of nitrogens with one attached hydrogen (secondary N) is 1. The predicted octanol–water partition coefficient (Wildman–Crippen LogP) is 4.06. The summed E-state index contributed by atoms with van der Waals surface area (Å²) in [7, 11) is 2.99. The highest BCUT2D eigenvalue weighted by molar-refractivity contribution is 6.30. The molecule has 116 valence electrons. The highest BCUT2D eigenvalue weighted by Gasteiger charge is 2.18. The second-order valence-corrected chi connectivity index (χ2v) is 5.17. The Morgan fingerprint density at radius 3 is 2.45 bits per heavy atom. The molecule has 0 saturated carbocycles. The minimum Gasteiger partial charge on any atom is -0.495 e. The van der Waals surface area contributed by atoms with Crippen molar-refractivity contribution >= 4 is 23.3 Å². The van der Waals surface area contributed by atoms with Crippen LogP contribution in [0.25, 0.3) is 0 Å². The standard InChI is InChI=1S/C17H18ClNO3/c1-21-16-6-4-3-5-14(16)19-15(11-17(20)22-2)12-7-9-13(18)10-8-12/h3-10,15,19H,11H2,1-2H3. The number of anilines is 1. The van der Waals surface area contributed by atoms with Crippen molar-refractivity contribution in [2.75, 3.05) is 19.5 Å². The van der Waals surface area contributed by atoms with Crippen LogP contribution in [0.4, 0.5) is 5.69 Å². The summed E-state index contributed by atoms with van der Waals surface area (Å²) in [6.45, 7) is 0. The first-order valence-electron chi connectivity index (χ1n) is 6.86. The first-order chi connectivity index (χ1) is 10.6. The Morgan fingerprint density at radius 2 is 1.82 bits per heavy atom. The van der Waals surface area contributed by atoms with Gasteiger partial charge in [0.05, 0.1) is 32.4 Å². The molecule has 0 aromatic heterocycles. The first kappa shape index (κ1) is 16.2. The molecule has 0 amide bonds. The Labute approximate surface area is 135 Å². The minimum absolute atomic E-state index is 0.205. The van der Waals surface area contributed by atoms with Gasteiger partial charge in [-0.25, -0.2) is 0 Å². The largest absolute Gasteiger partial charge is 0.495 e. The summed E-state index contributed by atoms with van der Waals surface area (Å²) in [5.41, 5.74) is 1.76. The van der Waals surface area contributed by atoms with Gasteiger partial charge in [-0.3, -0.25) is 4.79 Å². The van der Waals surface area contributed by atoms with E-state index in [1.54, 1.807) is 19.2 Å². The van der Waals surface area contributed by atoms with Gasteiger partial charge in [0, 0.05) is 5.02 Å². The average molecular weight is 320 g/mol. The molecule has 0 aliphatic heterocycles. The third-order valence-electron chi connectivity index (χ3n) is 3.31. The van der Waals surface area contributed by atoms with Crippen LogP contribution in [0.15, 0.2) is 48.5 Å². The van der Waals surface area contributed by atoms with Gasteiger partial charge in [-0.05, 0) is 29.8 Å². The van der Waals surface area contributed by atoms with Crippen LogP contribution in [-0.2, 0) is 9.53 Å².